The minimum atomic E-state index is -3.45. The van der Waals surface area contributed by atoms with E-state index in [0.29, 0.717) is 43.5 Å². The number of benzene rings is 1. The van der Waals surface area contributed by atoms with E-state index in [2.05, 4.69) is 30.2 Å². The highest BCUT2D eigenvalue weighted by Gasteiger charge is 2.29. The first-order valence-corrected chi connectivity index (χ1v) is 10.3. The fraction of sp³-hybridized carbons (Fsp3) is 0.429. The van der Waals surface area contributed by atoms with Gasteiger partial charge in [-0.25, -0.2) is 13.4 Å². The monoisotopic (exact) mass is 432 g/mol. The quantitative estimate of drug-likeness (QED) is 0.718. The van der Waals surface area contributed by atoms with Gasteiger partial charge in [-0.15, -0.1) is 0 Å². The van der Waals surface area contributed by atoms with E-state index < -0.39 is 10.0 Å². The molecule has 10 heteroatoms. The molecule has 1 aromatic heterocycles. The van der Waals surface area contributed by atoms with E-state index >= 15 is 0 Å². The Kier molecular flexibility index (Phi) is 5.50. The molecular weight excluding hydrogens is 416 g/mol. The fourth-order valence-electron chi connectivity index (χ4n) is 2.44. The minimum absolute atomic E-state index is 0.317. The molecule has 0 atom stereocenters. The molecule has 1 aliphatic heterocycles. The van der Waals surface area contributed by atoms with Crippen LogP contribution < -0.4 is 4.90 Å². The first-order chi connectivity index (χ1) is 11.5. The Hall–Kier alpha value is -1.07. The molecule has 0 unspecified atom stereocenters. The number of ether oxygens (including phenoxy) is 1. The molecule has 2 aromatic rings. The molecule has 0 radical (unpaired) electrons. The topological polar surface area (TPSA) is 75.6 Å². The predicted octanol–water partition coefficient (Wildman–Crippen LogP) is 1.96. The molecule has 24 heavy (non-hydrogen) atoms. The lowest BCUT2D eigenvalue weighted by atomic mass is 10.4. The molecule has 0 N–H and O–H groups in total. The van der Waals surface area contributed by atoms with E-state index in [1.165, 1.54) is 15.8 Å². The van der Waals surface area contributed by atoms with Gasteiger partial charge >= 0.3 is 0 Å². The zero-order valence-electron chi connectivity index (χ0n) is 13.1. The fourth-order valence-corrected chi connectivity index (χ4v) is 4.85. The van der Waals surface area contributed by atoms with Crippen LogP contribution in [-0.4, -0.2) is 55.4 Å². The third kappa shape index (κ3) is 3.77. The van der Waals surface area contributed by atoms with Crippen molar-refractivity contribution in [1.82, 2.24) is 13.7 Å². The normalized spacial score (nSPS) is 16.5. The first-order valence-electron chi connectivity index (χ1n) is 7.33. The largest absolute Gasteiger partial charge is 0.377 e. The van der Waals surface area contributed by atoms with Crippen molar-refractivity contribution in [1.29, 1.82) is 0 Å². The van der Waals surface area contributed by atoms with Crippen molar-refractivity contribution >= 4 is 42.6 Å². The van der Waals surface area contributed by atoms with Crippen molar-refractivity contribution < 1.29 is 13.2 Å². The van der Waals surface area contributed by atoms with Gasteiger partial charge in [-0.3, -0.25) is 0 Å². The van der Waals surface area contributed by atoms with Crippen LogP contribution in [0.5, 0.6) is 0 Å². The van der Waals surface area contributed by atoms with Gasteiger partial charge in [0.1, 0.15) is 6.61 Å². The molecule has 1 aliphatic rings. The van der Waals surface area contributed by atoms with Crippen molar-refractivity contribution in [3.05, 3.63) is 34.6 Å². The molecule has 0 aliphatic carbocycles. The summed E-state index contributed by atoms with van der Waals surface area (Å²) in [5.41, 5.74) is 0. The Morgan fingerprint density at radius 1 is 1.21 bits per heavy atom. The zero-order valence-corrected chi connectivity index (χ0v) is 16.3. The van der Waals surface area contributed by atoms with Crippen molar-refractivity contribution in [3.8, 4) is 0 Å². The summed E-state index contributed by atoms with van der Waals surface area (Å²) in [4.78, 5) is 6.79. The number of anilines is 1. The summed E-state index contributed by atoms with van der Waals surface area (Å²) in [6.07, 6.45) is 0. The molecule has 1 fully saturated rings. The molecule has 0 bridgehead atoms. The Morgan fingerprint density at radius 2 is 1.88 bits per heavy atom. The van der Waals surface area contributed by atoms with Crippen LogP contribution in [0, 0.1) is 0 Å². The number of aromatic nitrogens is 2. The lowest BCUT2D eigenvalue weighted by Crippen LogP contribution is -2.48. The number of hydrogen-bond donors (Lipinski definition) is 0. The SMILES string of the molecule is COCc1nsc(N2CCN(S(=O)(=O)c3ccc(Br)cc3)CC2)n1. The van der Waals surface area contributed by atoms with Crippen LogP contribution in [0.25, 0.3) is 0 Å². The first kappa shape index (κ1) is 17.7. The van der Waals surface area contributed by atoms with Gasteiger partial charge in [0.25, 0.3) is 0 Å². The average molecular weight is 433 g/mol. The number of sulfonamides is 1. The maximum absolute atomic E-state index is 12.7. The summed E-state index contributed by atoms with van der Waals surface area (Å²) in [5, 5.41) is 0.808. The molecule has 7 nitrogen and oxygen atoms in total. The Labute approximate surface area is 153 Å². The van der Waals surface area contributed by atoms with Gasteiger partial charge in [-0.05, 0) is 24.3 Å². The second kappa shape index (κ2) is 7.44. The van der Waals surface area contributed by atoms with Gasteiger partial charge in [-0.2, -0.15) is 8.68 Å². The van der Waals surface area contributed by atoms with Crippen LogP contribution in [0.4, 0.5) is 5.13 Å². The number of rotatable bonds is 5. The van der Waals surface area contributed by atoms with Gasteiger partial charge in [0.2, 0.25) is 15.2 Å². The van der Waals surface area contributed by atoms with Crippen LogP contribution in [0.3, 0.4) is 0 Å². The second-order valence-electron chi connectivity index (χ2n) is 5.27. The number of piperazine rings is 1. The molecule has 1 aromatic carbocycles. The average Bonchev–Trinajstić information content (AvgIpc) is 3.04. The summed E-state index contributed by atoms with van der Waals surface area (Å²) in [6.45, 7) is 2.43. The van der Waals surface area contributed by atoms with Crippen LogP contribution in [-0.2, 0) is 21.4 Å². The van der Waals surface area contributed by atoms with Crippen molar-refractivity contribution in [2.45, 2.75) is 11.5 Å². The molecule has 1 saturated heterocycles. The van der Waals surface area contributed by atoms with Crippen LogP contribution in [0.15, 0.2) is 33.6 Å². The summed E-state index contributed by atoms with van der Waals surface area (Å²) < 4.78 is 37.0. The van der Waals surface area contributed by atoms with Crippen LogP contribution in [0.1, 0.15) is 5.82 Å². The van der Waals surface area contributed by atoms with Crippen LogP contribution in [0.2, 0.25) is 0 Å². The van der Waals surface area contributed by atoms with Gasteiger partial charge < -0.3 is 9.64 Å². The highest BCUT2D eigenvalue weighted by atomic mass is 79.9. The molecule has 2 heterocycles. The molecular formula is C14H17BrN4O3S2. The van der Waals surface area contributed by atoms with Gasteiger partial charge in [-0.1, -0.05) is 15.9 Å². The van der Waals surface area contributed by atoms with E-state index in [1.54, 1.807) is 31.4 Å². The maximum atomic E-state index is 12.7. The van der Waals surface area contributed by atoms with Crippen molar-refractivity contribution in [3.63, 3.8) is 0 Å². The van der Waals surface area contributed by atoms with E-state index in [9.17, 15) is 8.42 Å². The smallest absolute Gasteiger partial charge is 0.243 e. The zero-order chi connectivity index (χ0) is 17.2. The third-order valence-corrected chi connectivity index (χ3v) is 6.95. The molecule has 130 valence electrons. The standard InChI is InChI=1S/C14H17BrN4O3S2/c1-22-10-13-16-14(23-17-13)18-6-8-19(9-7-18)24(20,21)12-4-2-11(15)3-5-12/h2-5H,6-10H2,1H3. The summed E-state index contributed by atoms with van der Waals surface area (Å²) in [7, 11) is -1.85. The Morgan fingerprint density at radius 3 is 2.50 bits per heavy atom. The molecule has 3 rings (SSSR count). The Balaban J connectivity index is 1.66. The summed E-state index contributed by atoms with van der Waals surface area (Å²) >= 11 is 4.63. The lowest BCUT2D eigenvalue weighted by molar-refractivity contribution is 0.179. The van der Waals surface area contributed by atoms with Gasteiger partial charge in [0, 0.05) is 49.3 Å². The van der Waals surface area contributed by atoms with E-state index in [4.69, 9.17) is 4.74 Å². The Bertz CT molecular complexity index is 787. The summed E-state index contributed by atoms with van der Waals surface area (Å²) in [6, 6.07) is 6.71. The third-order valence-electron chi connectivity index (χ3n) is 3.69. The molecule has 0 saturated carbocycles. The molecule has 0 spiro atoms. The maximum Gasteiger partial charge on any atom is 0.243 e. The van der Waals surface area contributed by atoms with E-state index in [1.807, 2.05) is 0 Å². The van der Waals surface area contributed by atoms with Gasteiger partial charge in [0.05, 0.1) is 4.90 Å². The van der Waals surface area contributed by atoms with Crippen LogP contribution >= 0.6 is 27.5 Å². The van der Waals surface area contributed by atoms with E-state index in [-0.39, 0.29) is 0 Å². The predicted molar refractivity (Wildman–Crippen MR) is 95.7 cm³/mol. The minimum Gasteiger partial charge on any atom is -0.377 e. The highest BCUT2D eigenvalue weighted by molar-refractivity contribution is 9.10. The number of nitrogens with zero attached hydrogens (tertiary/aromatic N) is 4. The van der Waals surface area contributed by atoms with Crippen molar-refractivity contribution in [2.24, 2.45) is 0 Å². The molecule has 0 amide bonds. The van der Waals surface area contributed by atoms with E-state index in [0.717, 1.165) is 9.60 Å². The second-order valence-corrected chi connectivity index (χ2v) is 8.86. The lowest BCUT2D eigenvalue weighted by Gasteiger charge is -2.33. The van der Waals surface area contributed by atoms with Gasteiger partial charge in [0.15, 0.2) is 5.82 Å². The van der Waals surface area contributed by atoms with Crippen molar-refractivity contribution in [2.75, 3.05) is 38.2 Å². The highest BCUT2D eigenvalue weighted by Crippen LogP contribution is 2.23. The number of hydrogen-bond acceptors (Lipinski definition) is 7. The number of methoxy groups -OCH3 is 1. The number of halogens is 1. The summed E-state index contributed by atoms with van der Waals surface area (Å²) in [5.74, 6) is 0.655.